The number of aryl methyl sites for hydroxylation is 1. The molecule has 0 radical (unpaired) electrons. The third kappa shape index (κ3) is 4.63. The van der Waals surface area contributed by atoms with Crippen molar-refractivity contribution in [3.05, 3.63) is 52.8 Å². The fourth-order valence-electron chi connectivity index (χ4n) is 3.40. The van der Waals surface area contributed by atoms with Crippen LogP contribution in [-0.2, 0) is 18.4 Å². The number of halogens is 1. The van der Waals surface area contributed by atoms with E-state index in [2.05, 4.69) is 27.4 Å². The number of aromatic nitrogens is 2. The lowest BCUT2D eigenvalue weighted by Crippen LogP contribution is -2.41. The van der Waals surface area contributed by atoms with Gasteiger partial charge in [0.05, 0.1) is 6.20 Å². The van der Waals surface area contributed by atoms with E-state index in [4.69, 9.17) is 11.6 Å². The quantitative estimate of drug-likeness (QED) is 0.869. The van der Waals surface area contributed by atoms with Gasteiger partial charge in [-0.3, -0.25) is 14.4 Å². The highest BCUT2D eigenvalue weighted by atomic mass is 35.5. The SMILES string of the molecule is CNC(C(=O)N1CCCN(Cc2ccc(Cl)cc2)CC1)c1cnn(C)c1. The van der Waals surface area contributed by atoms with E-state index in [9.17, 15) is 4.79 Å². The molecular formula is C19H26ClN5O. The Bertz CT molecular complexity index is 730. The standard InChI is InChI=1S/C19H26ClN5O/c1-21-18(16-12-22-23(2)14-16)19(26)25-9-3-8-24(10-11-25)13-15-4-6-17(20)7-5-15/h4-7,12,14,18,21H,3,8-11,13H2,1-2H3. The minimum absolute atomic E-state index is 0.119. The first-order chi connectivity index (χ1) is 12.6. The van der Waals surface area contributed by atoms with Gasteiger partial charge in [0, 0.05) is 56.6 Å². The van der Waals surface area contributed by atoms with Gasteiger partial charge in [-0.1, -0.05) is 23.7 Å². The summed E-state index contributed by atoms with van der Waals surface area (Å²) in [4.78, 5) is 17.4. The summed E-state index contributed by atoms with van der Waals surface area (Å²) in [5.41, 5.74) is 2.15. The Labute approximate surface area is 159 Å². The topological polar surface area (TPSA) is 53.4 Å². The van der Waals surface area contributed by atoms with Gasteiger partial charge in [-0.05, 0) is 31.2 Å². The van der Waals surface area contributed by atoms with Crippen LogP contribution >= 0.6 is 11.6 Å². The zero-order chi connectivity index (χ0) is 18.5. The van der Waals surface area contributed by atoms with E-state index in [0.717, 1.165) is 49.7 Å². The van der Waals surface area contributed by atoms with Gasteiger partial charge in [0.25, 0.3) is 0 Å². The predicted octanol–water partition coefficient (Wildman–Crippen LogP) is 2.07. The van der Waals surface area contributed by atoms with Gasteiger partial charge in [-0.2, -0.15) is 5.10 Å². The Morgan fingerprint density at radius 1 is 1.23 bits per heavy atom. The molecule has 1 aliphatic heterocycles. The van der Waals surface area contributed by atoms with Crippen molar-refractivity contribution in [1.82, 2.24) is 24.9 Å². The van der Waals surface area contributed by atoms with Crippen LogP contribution in [0.3, 0.4) is 0 Å². The Kier molecular flexibility index (Phi) is 6.29. The summed E-state index contributed by atoms with van der Waals surface area (Å²) in [6, 6.07) is 7.64. The maximum atomic E-state index is 13.0. The molecule has 1 unspecified atom stereocenters. The number of hydrogen-bond acceptors (Lipinski definition) is 4. The molecule has 1 N–H and O–H groups in total. The monoisotopic (exact) mass is 375 g/mol. The molecule has 6 nitrogen and oxygen atoms in total. The lowest BCUT2D eigenvalue weighted by Gasteiger charge is -2.26. The van der Waals surface area contributed by atoms with Crippen LogP contribution in [0.5, 0.6) is 0 Å². The van der Waals surface area contributed by atoms with Gasteiger partial charge < -0.3 is 10.2 Å². The molecule has 2 aromatic rings. The molecular weight excluding hydrogens is 350 g/mol. The van der Waals surface area contributed by atoms with Crippen LogP contribution in [0.4, 0.5) is 0 Å². The summed E-state index contributed by atoms with van der Waals surface area (Å²) >= 11 is 5.96. The number of benzene rings is 1. The average molecular weight is 376 g/mol. The summed E-state index contributed by atoms with van der Waals surface area (Å²) in [5.74, 6) is 0.119. The maximum absolute atomic E-state index is 13.0. The maximum Gasteiger partial charge on any atom is 0.244 e. The van der Waals surface area contributed by atoms with Gasteiger partial charge in [0.15, 0.2) is 0 Å². The van der Waals surface area contributed by atoms with Crippen molar-refractivity contribution in [3.63, 3.8) is 0 Å². The summed E-state index contributed by atoms with van der Waals surface area (Å²) in [6.07, 6.45) is 4.62. The van der Waals surface area contributed by atoms with Crippen LogP contribution in [0.2, 0.25) is 5.02 Å². The van der Waals surface area contributed by atoms with Crippen molar-refractivity contribution in [2.45, 2.75) is 19.0 Å². The van der Waals surface area contributed by atoms with E-state index in [1.54, 1.807) is 10.9 Å². The van der Waals surface area contributed by atoms with E-state index >= 15 is 0 Å². The van der Waals surface area contributed by atoms with Crippen molar-refractivity contribution in [1.29, 1.82) is 0 Å². The van der Waals surface area contributed by atoms with Crippen LogP contribution in [0, 0.1) is 0 Å². The molecule has 26 heavy (non-hydrogen) atoms. The summed E-state index contributed by atoms with van der Waals surface area (Å²) in [6.45, 7) is 4.28. The van der Waals surface area contributed by atoms with Crippen molar-refractivity contribution in [2.24, 2.45) is 7.05 Å². The fourth-order valence-corrected chi connectivity index (χ4v) is 3.53. The Morgan fingerprint density at radius 2 is 2.00 bits per heavy atom. The zero-order valence-electron chi connectivity index (χ0n) is 15.4. The van der Waals surface area contributed by atoms with Crippen molar-refractivity contribution in [2.75, 3.05) is 33.2 Å². The molecule has 1 amide bonds. The minimum Gasteiger partial charge on any atom is -0.340 e. The lowest BCUT2D eigenvalue weighted by molar-refractivity contribution is -0.133. The van der Waals surface area contributed by atoms with Crippen LogP contribution in [0.15, 0.2) is 36.7 Å². The lowest BCUT2D eigenvalue weighted by atomic mass is 10.1. The molecule has 0 saturated carbocycles. The van der Waals surface area contributed by atoms with E-state index in [-0.39, 0.29) is 11.9 Å². The van der Waals surface area contributed by atoms with Crippen molar-refractivity contribution in [3.8, 4) is 0 Å². The van der Waals surface area contributed by atoms with E-state index < -0.39 is 0 Å². The molecule has 0 spiro atoms. The number of rotatable bonds is 5. The van der Waals surface area contributed by atoms with E-state index in [1.165, 1.54) is 5.56 Å². The summed E-state index contributed by atoms with van der Waals surface area (Å²) < 4.78 is 1.73. The third-order valence-corrected chi connectivity index (χ3v) is 5.07. The highest BCUT2D eigenvalue weighted by Gasteiger charge is 2.27. The number of nitrogens with zero attached hydrogens (tertiary/aromatic N) is 4. The van der Waals surface area contributed by atoms with Crippen LogP contribution < -0.4 is 5.32 Å². The molecule has 1 aromatic heterocycles. The van der Waals surface area contributed by atoms with Gasteiger partial charge in [-0.25, -0.2) is 0 Å². The Hall–Kier alpha value is -1.89. The minimum atomic E-state index is -0.341. The van der Waals surface area contributed by atoms with E-state index in [1.807, 2.05) is 37.3 Å². The van der Waals surface area contributed by atoms with Crippen LogP contribution in [0.1, 0.15) is 23.6 Å². The van der Waals surface area contributed by atoms with Gasteiger partial charge in [-0.15, -0.1) is 0 Å². The molecule has 1 fully saturated rings. The molecule has 1 atom stereocenters. The van der Waals surface area contributed by atoms with Crippen molar-refractivity contribution < 1.29 is 4.79 Å². The number of likely N-dealkylation sites (N-methyl/N-ethyl adjacent to an activating group) is 1. The number of carbonyl (C=O) groups excluding carboxylic acids is 1. The summed E-state index contributed by atoms with van der Waals surface area (Å²) in [5, 5.41) is 8.08. The molecule has 1 saturated heterocycles. The second-order valence-electron chi connectivity index (χ2n) is 6.75. The Morgan fingerprint density at radius 3 is 2.65 bits per heavy atom. The Balaban J connectivity index is 1.60. The van der Waals surface area contributed by atoms with Crippen molar-refractivity contribution >= 4 is 17.5 Å². The number of hydrogen-bond donors (Lipinski definition) is 1. The molecule has 3 rings (SSSR count). The number of nitrogens with one attached hydrogen (secondary N) is 1. The highest BCUT2D eigenvalue weighted by Crippen LogP contribution is 2.17. The largest absolute Gasteiger partial charge is 0.340 e. The smallest absolute Gasteiger partial charge is 0.244 e. The van der Waals surface area contributed by atoms with Crippen LogP contribution in [0.25, 0.3) is 0 Å². The first kappa shape index (κ1) is 18.9. The first-order valence-electron chi connectivity index (χ1n) is 8.98. The zero-order valence-corrected chi connectivity index (χ0v) is 16.1. The molecule has 7 heteroatoms. The second-order valence-corrected chi connectivity index (χ2v) is 7.19. The fraction of sp³-hybridized carbons (Fsp3) is 0.474. The van der Waals surface area contributed by atoms with Gasteiger partial charge in [0.1, 0.15) is 6.04 Å². The first-order valence-corrected chi connectivity index (χ1v) is 9.36. The molecule has 0 aliphatic carbocycles. The normalized spacial score (nSPS) is 17.1. The molecule has 140 valence electrons. The molecule has 1 aliphatic rings. The molecule has 2 heterocycles. The highest BCUT2D eigenvalue weighted by molar-refractivity contribution is 6.30. The van der Waals surface area contributed by atoms with Gasteiger partial charge in [0.2, 0.25) is 5.91 Å². The molecule has 1 aromatic carbocycles. The van der Waals surface area contributed by atoms with Gasteiger partial charge >= 0.3 is 0 Å². The van der Waals surface area contributed by atoms with Crippen LogP contribution in [-0.4, -0.2) is 58.7 Å². The number of carbonyl (C=O) groups is 1. The molecule has 0 bridgehead atoms. The third-order valence-electron chi connectivity index (χ3n) is 4.81. The summed E-state index contributed by atoms with van der Waals surface area (Å²) in [7, 11) is 3.68. The second kappa shape index (κ2) is 8.66. The average Bonchev–Trinajstić information content (AvgIpc) is 2.92. The predicted molar refractivity (Wildman–Crippen MR) is 103 cm³/mol. The number of amides is 1. The van der Waals surface area contributed by atoms with E-state index in [0.29, 0.717) is 0 Å².